The highest BCUT2D eigenvalue weighted by molar-refractivity contribution is 7.16. The minimum absolute atomic E-state index is 0.106. The number of carbonyl (C=O) groups is 1. The lowest BCUT2D eigenvalue weighted by Gasteiger charge is -2.12. The monoisotopic (exact) mass is 398 g/mol. The van der Waals surface area contributed by atoms with E-state index in [1.54, 1.807) is 0 Å². The van der Waals surface area contributed by atoms with E-state index in [2.05, 4.69) is 15.4 Å². The van der Waals surface area contributed by atoms with Crippen molar-refractivity contribution in [1.82, 2.24) is 14.8 Å². The summed E-state index contributed by atoms with van der Waals surface area (Å²) in [5.41, 5.74) is 4.23. The van der Waals surface area contributed by atoms with Crippen molar-refractivity contribution in [1.29, 1.82) is 0 Å². The standard InChI is InChI=1S/C20H22N4O3S/c1-4-26-16-9-12(2)5-7-15(16)27-11-18(25)22-20-23-19-13-10-21-24(3)14(13)6-8-17(19)28-20/h5,7,9-10H,4,6,8,11H2,1-3H3,(H,22,23,25). The minimum Gasteiger partial charge on any atom is -0.490 e. The van der Waals surface area contributed by atoms with Gasteiger partial charge in [0.1, 0.15) is 0 Å². The van der Waals surface area contributed by atoms with Crippen LogP contribution in [0.1, 0.15) is 23.1 Å². The third-order valence-corrected chi connectivity index (χ3v) is 5.64. The van der Waals surface area contributed by atoms with E-state index < -0.39 is 0 Å². The molecule has 2 aromatic heterocycles. The van der Waals surface area contributed by atoms with Gasteiger partial charge in [0.05, 0.1) is 18.5 Å². The van der Waals surface area contributed by atoms with E-state index in [0.717, 1.165) is 29.7 Å². The lowest BCUT2D eigenvalue weighted by molar-refractivity contribution is -0.118. The molecule has 4 rings (SSSR count). The van der Waals surface area contributed by atoms with Crippen molar-refractivity contribution in [2.45, 2.75) is 26.7 Å². The Morgan fingerprint density at radius 2 is 2.14 bits per heavy atom. The van der Waals surface area contributed by atoms with Gasteiger partial charge < -0.3 is 9.47 Å². The van der Waals surface area contributed by atoms with E-state index in [4.69, 9.17) is 9.47 Å². The molecule has 7 nitrogen and oxygen atoms in total. The molecule has 146 valence electrons. The van der Waals surface area contributed by atoms with Crippen molar-refractivity contribution in [3.63, 3.8) is 0 Å². The van der Waals surface area contributed by atoms with Crippen LogP contribution in [0.4, 0.5) is 5.13 Å². The summed E-state index contributed by atoms with van der Waals surface area (Å²) < 4.78 is 13.1. The van der Waals surface area contributed by atoms with Crippen LogP contribution in [0.25, 0.3) is 11.3 Å². The zero-order chi connectivity index (χ0) is 19.7. The Balaban J connectivity index is 1.43. The van der Waals surface area contributed by atoms with Gasteiger partial charge in [-0.25, -0.2) is 4.98 Å². The molecule has 1 amide bonds. The summed E-state index contributed by atoms with van der Waals surface area (Å²) in [4.78, 5) is 18.1. The number of thiazole rings is 1. The van der Waals surface area contributed by atoms with Gasteiger partial charge in [-0.05, 0) is 44.4 Å². The second-order valence-corrected chi connectivity index (χ2v) is 7.72. The Hall–Kier alpha value is -2.87. The Morgan fingerprint density at radius 1 is 1.29 bits per heavy atom. The van der Waals surface area contributed by atoms with Gasteiger partial charge in [0.2, 0.25) is 0 Å². The number of rotatable bonds is 6. The molecule has 0 saturated heterocycles. The van der Waals surface area contributed by atoms with Gasteiger partial charge >= 0.3 is 0 Å². The maximum Gasteiger partial charge on any atom is 0.264 e. The predicted octanol–water partition coefficient (Wildman–Crippen LogP) is 3.37. The normalized spacial score (nSPS) is 12.2. The Morgan fingerprint density at radius 3 is 2.96 bits per heavy atom. The maximum atomic E-state index is 12.4. The molecule has 3 aromatic rings. The van der Waals surface area contributed by atoms with Crippen LogP contribution in [-0.4, -0.2) is 33.9 Å². The fourth-order valence-corrected chi connectivity index (χ4v) is 4.27. The zero-order valence-electron chi connectivity index (χ0n) is 16.1. The van der Waals surface area contributed by atoms with Gasteiger partial charge in [0.25, 0.3) is 5.91 Å². The molecule has 1 aliphatic carbocycles. The number of carbonyl (C=O) groups excluding carboxylic acids is 1. The molecule has 0 fully saturated rings. The van der Waals surface area contributed by atoms with Crippen LogP contribution in [0.2, 0.25) is 0 Å². The Kier molecular flexibility index (Phi) is 5.04. The summed E-state index contributed by atoms with van der Waals surface area (Å²) in [5.74, 6) is 0.950. The molecule has 0 bridgehead atoms. The molecule has 2 heterocycles. The Bertz CT molecular complexity index is 1020. The van der Waals surface area contributed by atoms with E-state index in [-0.39, 0.29) is 12.5 Å². The summed E-state index contributed by atoms with van der Waals surface area (Å²) in [7, 11) is 1.94. The summed E-state index contributed by atoms with van der Waals surface area (Å²) in [6.45, 7) is 4.33. The summed E-state index contributed by atoms with van der Waals surface area (Å²) in [5, 5.41) is 7.75. The number of ether oxygens (including phenoxy) is 2. The lowest BCUT2D eigenvalue weighted by atomic mass is 10.0. The first-order valence-corrected chi connectivity index (χ1v) is 10.0. The number of anilines is 1. The number of nitrogens with zero attached hydrogens (tertiary/aromatic N) is 3. The van der Waals surface area contributed by atoms with E-state index in [1.165, 1.54) is 21.9 Å². The van der Waals surface area contributed by atoms with Gasteiger partial charge in [-0.2, -0.15) is 5.10 Å². The Labute approximate surface area is 167 Å². The second kappa shape index (κ2) is 7.63. The second-order valence-electron chi connectivity index (χ2n) is 6.64. The van der Waals surface area contributed by atoms with Crippen LogP contribution in [0.3, 0.4) is 0 Å². The first-order valence-electron chi connectivity index (χ1n) is 9.22. The van der Waals surface area contributed by atoms with Crippen molar-refractivity contribution in [2.24, 2.45) is 7.05 Å². The van der Waals surface area contributed by atoms with E-state index in [1.807, 2.05) is 50.0 Å². The zero-order valence-corrected chi connectivity index (χ0v) is 16.9. The van der Waals surface area contributed by atoms with Gasteiger partial charge in [-0.15, -0.1) is 11.3 Å². The average molecular weight is 398 g/mol. The predicted molar refractivity (Wildman–Crippen MR) is 108 cm³/mol. The summed E-state index contributed by atoms with van der Waals surface area (Å²) in [6.07, 6.45) is 3.69. The van der Waals surface area contributed by atoms with Crippen LogP contribution in [0, 0.1) is 6.92 Å². The number of aryl methyl sites for hydroxylation is 3. The third kappa shape index (κ3) is 3.60. The molecule has 0 saturated carbocycles. The fourth-order valence-electron chi connectivity index (χ4n) is 3.28. The lowest BCUT2D eigenvalue weighted by Crippen LogP contribution is -2.20. The number of hydrogen-bond acceptors (Lipinski definition) is 6. The number of hydrogen-bond donors (Lipinski definition) is 1. The van der Waals surface area contributed by atoms with Crippen molar-refractivity contribution in [3.05, 3.63) is 40.5 Å². The molecule has 0 radical (unpaired) electrons. The van der Waals surface area contributed by atoms with E-state index >= 15 is 0 Å². The van der Waals surface area contributed by atoms with Crippen LogP contribution in [0.5, 0.6) is 11.5 Å². The molecular weight excluding hydrogens is 376 g/mol. The van der Waals surface area contributed by atoms with E-state index in [0.29, 0.717) is 23.2 Å². The molecule has 0 spiro atoms. The summed E-state index contributed by atoms with van der Waals surface area (Å²) in [6, 6.07) is 5.65. The molecule has 0 aliphatic heterocycles. The molecule has 1 N–H and O–H groups in total. The van der Waals surface area contributed by atoms with Crippen LogP contribution in [-0.2, 0) is 24.7 Å². The third-order valence-electron chi connectivity index (χ3n) is 4.61. The molecule has 0 atom stereocenters. The van der Waals surface area contributed by atoms with Gasteiger partial charge in [-0.1, -0.05) is 6.07 Å². The number of benzene rings is 1. The average Bonchev–Trinajstić information content (AvgIpc) is 3.24. The minimum atomic E-state index is -0.250. The fraction of sp³-hybridized carbons (Fsp3) is 0.350. The van der Waals surface area contributed by atoms with Crippen molar-refractivity contribution >= 4 is 22.4 Å². The highest BCUT2D eigenvalue weighted by Crippen LogP contribution is 2.37. The largest absolute Gasteiger partial charge is 0.490 e. The summed E-state index contributed by atoms with van der Waals surface area (Å²) >= 11 is 1.51. The molecule has 8 heteroatoms. The van der Waals surface area contributed by atoms with Gasteiger partial charge in [-0.3, -0.25) is 14.8 Å². The number of amides is 1. The first kappa shape index (κ1) is 18.5. The SMILES string of the molecule is CCOc1cc(C)ccc1OCC(=O)Nc1nc2c(s1)CCc1c-2cnn1C. The molecule has 1 aromatic carbocycles. The molecular formula is C20H22N4O3S. The number of fused-ring (bicyclic) bond motifs is 3. The van der Waals surface area contributed by atoms with Gasteiger partial charge in [0, 0.05) is 23.2 Å². The highest BCUT2D eigenvalue weighted by Gasteiger charge is 2.24. The van der Waals surface area contributed by atoms with Crippen molar-refractivity contribution in [3.8, 4) is 22.8 Å². The van der Waals surface area contributed by atoms with Crippen LogP contribution < -0.4 is 14.8 Å². The number of aromatic nitrogens is 3. The number of nitrogens with one attached hydrogen (secondary N) is 1. The van der Waals surface area contributed by atoms with Crippen molar-refractivity contribution in [2.75, 3.05) is 18.5 Å². The molecule has 0 unspecified atom stereocenters. The van der Waals surface area contributed by atoms with Gasteiger partial charge in [0.15, 0.2) is 23.2 Å². The smallest absolute Gasteiger partial charge is 0.264 e. The van der Waals surface area contributed by atoms with E-state index in [9.17, 15) is 4.79 Å². The topological polar surface area (TPSA) is 78.3 Å². The molecule has 28 heavy (non-hydrogen) atoms. The van der Waals surface area contributed by atoms with Crippen LogP contribution >= 0.6 is 11.3 Å². The molecule has 1 aliphatic rings. The quantitative estimate of drug-likeness (QED) is 0.689. The van der Waals surface area contributed by atoms with Crippen LogP contribution in [0.15, 0.2) is 24.4 Å². The van der Waals surface area contributed by atoms with Crippen molar-refractivity contribution < 1.29 is 14.3 Å². The highest BCUT2D eigenvalue weighted by atomic mass is 32.1. The maximum absolute atomic E-state index is 12.4. The first-order chi connectivity index (χ1) is 13.5.